The van der Waals surface area contributed by atoms with E-state index in [0.29, 0.717) is 18.8 Å². The molecule has 3 nitrogen and oxygen atoms in total. The molecule has 0 heterocycles. The van der Waals surface area contributed by atoms with Gasteiger partial charge in [-0.25, -0.2) is 4.39 Å². The van der Waals surface area contributed by atoms with Crippen LogP contribution in [0.4, 0.5) is 4.39 Å². The Kier molecular flexibility index (Phi) is 4.96. The Morgan fingerprint density at radius 3 is 2.50 bits per heavy atom. The van der Waals surface area contributed by atoms with Crippen LogP contribution in [0.3, 0.4) is 0 Å². The summed E-state index contributed by atoms with van der Waals surface area (Å²) < 4.78 is 24.4. The summed E-state index contributed by atoms with van der Waals surface area (Å²) in [7, 11) is 0. The highest BCUT2D eigenvalue weighted by atomic mass is 19.1. The molecule has 0 saturated carbocycles. The summed E-state index contributed by atoms with van der Waals surface area (Å²) in [5.74, 6) is 1.20. The Hall–Kier alpha value is -2.07. The number of nitrogens with two attached hydrogens (primary N) is 1. The fourth-order valence-corrected chi connectivity index (χ4v) is 1.86. The maximum atomic E-state index is 13.3. The smallest absolute Gasteiger partial charge is 0.127 e. The van der Waals surface area contributed by atoms with Crippen molar-refractivity contribution in [1.82, 2.24) is 0 Å². The van der Waals surface area contributed by atoms with Crippen molar-refractivity contribution in [3.8, 4) is 11.5 Å². The molecular weight excluding hydrogens is 257 g/mol. The van der Waals surface area contributed by atoms with Crippen molar-refractivity contribution in [2.24, 2.45) is 5.73 Å². The van der Waals surface area contributed by atoms with Crippen LogP contribution in [-0.4, -0.2) is 6.61 Å². The molecule has 0 aliphatic carbocycles. The first-order valence-electron chi connectivity index (χ1n) is 6.56. The van der Waals surface area contributed by atoms with Gasteiger partial charge in [-0.05, 0) is 36.8 Å². The van der Waals surface area contributed by atoms with Gasteiger partial charge < -0.3 is 15.2 Å². The Morgan fingerprint density at radius 1 is 1.05 bits per heavy atom. The lowest BCUT2D eigenvalue weighted by Gasteiger charge is -2.09. The lowest BCUT2D eigenvalue weighted by molar-refractivity contribution is 0.299. The summed E-state index contributed by atoms with van der Waals surface area (Å²) in [6.07, 6.45) is 0. The highest BCUT2D eigenvalue weighted by Gasteiger charge is 2.03. The Morgan fingerprint density at radius 2 is 1.80 bits per heavy atom. The van der Waals surface area contributed by atoms with Gasteiger partial charge in [0.2, 0.25) is 0 Å². The number of halogens is 1. The molecule has 2 aromatic rings. The molecule has 0 unspecified atom stereocenters. The summed E-state index contributed by atoms with van der Waals surface area (Å²) in [5.41, 5.74) is 6.86. The SMILES string of the molecule is CCOc1cccc(OCc2ccc(F)c(CN)c2)c1. The van der Waals surface area contributed by atoms with E-state index in [0.717, 1.165) is 17.1 Å². The zero-order valence-electron chi connectivity index (χ0n) is 11.4. The third-order valence-electron chi connectivity index (χ3n) is 2.85. The van der Waals surface area contributed by atoms with E-state index < -0.39 is 0 Å². The predicted molar refractivity (Wildman–Crippen MR) is 76.2 cm³/mol. The molecule has 0 aliphatic heterocycles. The first kappa shape index (κ1) is 14.3. The molecule has 0 atom stereocenters. The van der Waals surface area contributed by atoms with Gasteiger partial charge >= 0.3 is 0 Å². The van der Waals surface area contributed by atoms with Gasteiger partial charge in [-0.15, -0.1) is 0 Å². The number of hydrogen-bond donors (Lipinski definition) is 1. The molecule has 2 N–H and O–H groups in total. The quantitative estimate of drug-likeness (QED) is 0.880. The molecular formula is C16H18FNO2. The molecule has 2 rings (SSSR count). The van der Waals surface area contributed by atoms with Crippen molar-refractivity contribution in [3.05, 3.63) is 59.4 Å². The summed E-state index contributed by atoms with van der Waals surface area (Å²) in [4.78, 5) is 0. The van der Waals surface area contributed by atoms with Crippen LogP contribution >= 0.6 is 0 Å². The first-order valence-corrected chi connectivity index (χ1v) is 6.56. The van der Waals surface area contributed by atoms with Crippen molar-refractivity contribution < 1.29 is 13.9 Å². The van der Waals surface area contributed by atoms with Crippen molar-refractivity contribution in [2.75, 3.05) is 6.61 Å². The highest BCUT2D eigenvalue weighted by Crippen LogP contribution is 2.20. The average Bonchev–Trinajstić information content (AvgIpc) is 2.47. The second-order valence-corrected chi connectivity index (χ2v) is 4.33. The average molecular weight is 275 g/mol. The first-order chi connectivity index (χ1) is 9.72. The summed E-state index contributed by atoms with van der Waals surface area (Å²) >= 11 is 0. The molecule has 0 fully saturated rings. The lowest BCUT2D eigenvalue weighted by Crippen LogP contribution is -2.03. The minimum Gasteiger partial charge on any atom is -0.494 e. The van der Waals surface area contributed by atoms with Gasteiger partial charge in [0.25, 0.3) is 0 Å². The number of hydrogen-bond acceptors (Lipinski definition) is 3. The topological polar surface area (TPSA) is 44.5 Å². The second kappa shape index (κ2) is 6.91. The van der Waals surface area contributed by atoms with Crippen molar-refractivity contribution in [1.29, 1.82) is 0 Å². The van der Waals surface area contributed by atoms with Crippen LogP contribution in [0.25, 0.3) is 0 Å². The highest BCUT2D eigenvalue weighted by molar-refractivity contribution is 5.33. The Labute approximate surface area is 118 Å². The van der Waals surface area contributed by atoms with E-state index in [-0.39, 0.29) is 12.4 Å². The van der Waals surface area contributed by atoms with Crippen molar-refractivity contribution in [2.45, 2.75) is 20.1 Å². The molecule has 0 bridgehead atoms. The van der Waals surface area contributed by atoms with Crippen LogP contribution in [0.15, 0.2) is 42.5 Å². The summed E-state index contributed by atoms with van der Waals surface area (Å²) in [6, 6.07) is 12.3. The van der Waals surface area contributed by atoms with E-state index in [1.165, 1.54) is 6.07 Å². The third kappa shape index (κ3) is 3.71. The number of rotatable bonds is 6. The monoisotopic (exact) mass is 275 g/mol. The molecule has 0 aromatic heterocycles. The van der Waals surface area contributed by atoms with Crippen molar-refractivity contribution in [3.63, 3.8) is 0 Å². The lowest BCUT2D eigenvalue weighted by atomic mass is 10.1. The van der Waals surface area contributed by atoms with Gasteiger partial charge in [0.1, 0.15) is 23.9 Å². The summed E-state index contributed by atoms with van der Waals surface area (Å²) in [5, 5.41) is 0. The second-order valence-electron chi connectivity index (χ2n) is 4.33. The molecule has 4 heteroatoms. The molecule has 2 aromatic carbocycles. The number of ether oxygens (including phenoxy) is 2. The maximum Gasteiger partial charge on any atom is 0.127 e. The molecule has 0 spiro atoms. The van der Waals surface area contributed by atoms with E-state index in [4.69, 9.17) is 15.2 Å². The normalized spacial score (nSPS) is 10.3. The predicted octanol–water partition coefficient (Wildman–Crippen LogP) is 3.26. The van der Waals surface area contributed by atoms with Gasteiger partial charge in [0.15, 0.2) is 0 Å². The van der Waals surface area contributed by atoms with Gasteiger partial charge in [0, 0.05) is 18.2 Å². The zero-order chi connectivity index (χ0) is 14.4. The summed E-state index contributed by atoms with van der Waals surface area (Å²) in [6.45, 7) is 3.09. The molecule has 0 aliphatic rings. The minimum atomic E-state index is -0.283. The van der Waals surface area contributed by atoms with Crippen LogP contribution in [-0.2, 0) is 13.2 Å². The van der Waals surface area contributed by atoms with E-state index in [9.17, 15) is 4.39 Å². The van der Waals surface area contributed by atoms with Gasteiger partial charge in [-0.3, -0.25) is 0 Å². The Bertz CT molecular complexity index is 572. The van der Waals surface area contributed by atoms with Crippen LogP contribution in [0.1, 0.15) is 18.1 Å². The van der Waals surface area contributed by atoms with E-state index in [1.807, 2.05) is 31.2 Å². The fourth-order valence-electron chi connectivity index (χ4n) is 1.86. The molecule has 106 valence electrons. The fraction of sp³-hybridized carbons (Fsp3) is 0.250. The molecule has 20 heavy (non-hydrogen) atoms. The van der Waals surface area contributed by atoms with E-state index >= 15 is 0 Å². The van der Waals surface area contributed by atoms with Crippen LogP contribution < -0.4 is 15.2 Å². The Balaban J connectivity index is 2.03. The minimum absolute atomic E-state index is 0.180. The zero-order valence-corrected chi connectivity index (χ0v) is 11.4. The third-order valence-corrected chi connectivity index (χ3v) is 2.85. The molecule has 0 amide bonds. The molecule has 0 radical (unpaired) electrons. The number of benzene rings is 2. The standard InChI is InChI=1S/C16H18FNO2/c1-2-19-14-4-3-5-15(9-14)20-11-12-6-7-16(17)13(8-12)10-18/h3-9H,2,10-11,18H2,1H3. The maximum absolute atomic E-state index is 13.3. The van der Waals surface area contributed by atoms with Crippen LogP contribution in [0.5, 0.6) is 11.5 Å². The van der Waals surface area contributed by atoms with Crippen molar-refractivity contribution >= 4 is 0 Å². The van der Waals surface area contributed by atoms with Gasteiger partial charge in [-0.2, -0.15) is 0 Å². The van der Waals surface area contributed by atoms with E-state index in [1.54, 1.807) is 12.1 Å². The molecule has 0 saturated heterocycles. The largest absolute Gasteiger partial charge is 0.494 e. The van der Waals surface area contributed by atoms with Crippen LogP contribution in [0.2, 0.25) is 0 Å². The van der Waals surface area contributed by atoms with E-state index in [2.05, 4.69) is 0 Å². The van der Waals surface area contributed by atoms with Crippen LogP contribution in [0, 0.1) is 5.82 Å². The van der Waals surface area contributed by atoms with Gasteiger partial charge in [-0.1, -0.05) is 12.1 Å². The van der Waals surface area contributed by atoms with Gasteiger partial charge in [0.05, 0.1) is 6.61 Å².